The van der Waals surface area contributed by atoms with Crippen molar-refractivity contribution in [3.8, 4) is 0 Å². The van der Waals surface area contributed by atoms with Crippen molar-refractivity contribution in [2.45, 2.75) is 12.8 Å². The summed E-state index contributed by atoms with van der Waals surface area (Å²) in [6.07, 6.45) is 1.29. The second kappa shape index (κ2) is 8.39. The van der Waals surface area contributed by atoms with Crippen molar-refractivity contribution in [1.29, 1.82) is 0 Å². The zero-order valence-corrected chi connectivity index (χ0v) is 12.0. The number of carbonyl (C=O) groups is 1. The lowest BCUT2D eigenvalue weighted by molar-refractivity contribution is 0.0441. The van der Waals surface area contributed by atoms with Gasteiger partial charge in [0.25, 0.3) is 0 Å². The Bertz CT molecular complexity index is 575. The molecule has 0 aliphatic heterocycles. The summed E-state index contributed by atoms with van der Waals surface area (Å²) >= 11 is 0. The highest BCUT2D eigenvalue weighted by Gasteiger charge is 2.10. The van der Waals surface area contributed by atoms with Crippen molar-refractivity contribution >= 4 is 16.7 Å². The van der Waals surface area contributed by atoms with E-state index < -0.39 is 0 Å². The van der Waals surface area contributed by atoms with Crippen molar-refractivity contribution < 1.29 is 19.4 Å². The van der Waals surface area contributed by atoms with E-state index in [9.17, 15) is 4.79 Å². The number of esters is 1. The third-order valence-electron chi connectivity index (χ3n) is 3.12. The molecule has 0 radical (unpaired) electrons. The number of rotatable bonds is 8. The van der Waals surface area contributed by atoms with Crippen molar-refractivity contribution in [3.63, 3.8) is 0 Å². The van der Waals surface area contributed by atoms with Crippen molar-refractivity contribution in [3.05, 3.63) is 48.0 Å². The number of carbonyl (C=O) groups excluding carboxylic acids is 1. The molecule has 4 nitrogen and oxygen atoms in total. The van der Waals surface area contributed by atoms with E-state index in [0.717, 1.165) is 10.8 Å². The predicted molar refractivity (Wildman–Crippen MR) is 81.4 cm³/mol. The van der Waals surface area contributed by atoms with E-state index >= 15 is 0 Å². The molecule has 0 spiro atoms. The molecule has 112 valence electrons. The first kappa shape index (κ1) is 15.5. The summed E-state index contributed by atoms with van der Waals surface area (Å²) in [7, 11) is 0. The molecule has 1 N–H and O–H groups in total. The number of hydrogen-bond acceptors (Lipinski definition) is 4. The largest absolute Gasteiger partial charge is 0.462 e. The highest BCUT2D eigenvalue weighted by atomic mass is 16.5. The molecule has 0 aliphatic rings. The Hall–Kier alpha value is -1.91. The molecular weight excluding hydrogens is 268 g/mol. The summed E-state index contributed by atoms with van der Waals surface area (Å²) in [5.74, 6) is -0.304. The van der Waals surface area contributed by atoms with E-state index in [4.69, 9.17) is 14.6 Å². The highest BCUT2D eigenvalue weighted by Crippen LogP contribution is 2.19. The first-order chi connectivity index (χ1) is 10.3. The third-order valence-corrected chi connectivity index (χ3v) is 3.12. The van der Waals surface area contributed by atoms with Crippen LogP contribution < -0.4 is 0 Å². The number of fused-ring (bicyclic) bond motifs is 1. The maximum Gasteiger partial charge on any atom is 0.338 e. The van der Waals surface area contributed by atoms with Gasteiger partial charge in [-0.2, -0.15) is 0 Å². The van der Waals surface area contributed by atoms with Gasteiger partial charge in [0.1, 0.15) is 0 Å². The molecular formula is C17H20O4. The Kier molecular flexibility index (Phi) is 6.19. The van der Waals surface area contributed by atoms with Crippen molar-refractivity contribution in [2.24, 2.45) is 0 Å². The van der Waals surface area contributed by atoms with Gasteiger partial charge < -0.3 is 14.6 Å². The Morgan fingerprint density at radius 1 is 0.952 bits per heavy atom. The fourth-order valence-electron chi connectivity index (χ4n) is 2.08. The van der Waals surface area contributed by atoms with Crippen LogP contribution in [0, 0.1) is 0 Å². The van der Waals surface area contributed by atoms with Crippen molar-refractivity contribution in [2.75, 3.05) is 26.4 Å². The second-order valence-corrected chi connectivity index (χ2v) is 4.71. The molecule has 0 heterocycles. The standard InChI is InChI=1S/C17H20O4/c18-10-4-11-20-12-5-13-21-17(19)16-9-3-7-14-6-1-2-8-15(14)16/h1-3,6-9,18H,4-5,10-13H2. The van der Waals surface area contributed by atoms with E-state index in [0.29, 0.717) is 38.2 Å². The van der Waals surface area contributed by atoms with Gasteiger partial charge in [-0.3, -0.25) is 0 Å². The van der Waals surface area contributed by atoms with Gasteiger partial charge in [0.05, 0.1) is 12.2 Å². The van der Waals surface area contributed by atoms with Gasteiger partial charge in [-0.1, -0.05) is 36.4 Å². The molecule has 21 heavy (non-hydrogen) atoms. The molecule has 2 rings (SSSR count). The van der Waals surface area contributed by atoms with Crippen LogP contribution in [0.5, 0.6) is 0 Å². The van der Waals surface area contributed by atoms with E-state index in [-0.39, 0.29) is 12.6 Å². The van der Waals surface area contributed by atoms with Crippen LogP contribution >= 0.6 is 0 Å². The quantitative estimate of drug-likeness (QED) is 0.599. The minimum Gasteiger partial charge on any atom is -0.462 e. The number of benzene rings is 2. The monoisotopic (exact) mass is 288 g/mol. The summed E-state index contributed by atoms with van der Waals surface area (Å²) in [5, 5.41) is 10.5. The number of aliphatic hydroxyl groups is 1. The first-order valence-corrected chi connectivity index (χ1v) is 7.16. The molecule has 0 atom stereocenters. The summed E-state index contributed by atoms with van der Waals surface area (Å²) in [6.45, 7) is 1.54. The Morgan fingerprint density at radius 3 is 2.57 bits per heavy atom. The SMILES string of the molecule is O=C(OCCCOCCCO)c1cccc2ccccc12. The van der Waals surface area contributed by atoms with Gasteiger partial charge in [-0.05, 0) is 23.3 Å². The molecule has 0 aliphatic carbocycles. The molecule has 0 saturated heterocycles. The van der Waals surface area contributed by atoms with Gasteiger partial charge in [0, 0.05) is 26.2 Å². The van der Waals surface area contributed by atoms with Crippen LogP contribution in [0.4, 0.5) is 0 Å². The lowest BCUT2D eigenvalue weighted by Gasteiger charge is -2.08. The Balaban J connectivity index is 1.83. The van der Waals surface area contributed by atoms with Gasteiger partial charge >= 0.3 is 5.97 Å². The summed E-state index contributed by atoms with van der Waals surface area (Å²) in [4.78, 5) is 12.1. The number of hydrogen-bond donors (Lipinski definition) is 1. The number of aliphatic hydroxyl groups excluding tert-OH is 1. The average molecular weight is 288 g/mol. The minimum absolute atomic E-state index is 0.135. The molecule has 0 aromatic heterocycles. The molecule has 0 saturated carbocycles. The van der Waals surface area contributed by atoms with Crippen LogP contribution in [0.1, 0.15) is 23.2 Å². The normalized spacial score (nSPS) is 10.7. The van der Waals surface area contributed by atoms with Gasteiger partial charge in [-0.15, -0.1) is 0 Å². The Morgan fingerprint density at radius 2 is 1.71 bits per heavy atom. The average Bonchev–Trinajstić information content (AvgIpc) is 2.53. The maximum absolute atomic E-state index is 12.1. The topological polar surface area (TPSA) is 55.8 Å². The zero-order valence-electron chi connectivity index (χ0n) is 12.0. The lowest BCUT2D eigenvalue weighted by Crippen LogP contribution is -2.09. The second-order valence-electron chi connectivity index (χ2n) is 4.71. The molecule has 2 aromatic rings. The third kappa shape index (κ3) is 4.55. The van der Waals surface area contributed by atoms with Crippen LogP contribution in [-0.4, -0.2) is 37.5 Å². The molecule has 0 fully saturated rings. The van der Waals surface area contributed by atoms with Gasteiger partial charge in [0.15, 0.2) is 0 Å². The lowest BCUT2D eigenvalue weighted by atomic mass is 10.1. The van der Waals surface area contributed by atoms with Gasteiger partial charge in [0.2, 0.25) is 0 Å². The zero-order chi connectivity index (χ0) is 14.9. The van der Waals surface area contributed by atoms with E-state index in [2.05, 4.69) is 0 Å². The maximum atomic E-state index is 12.1. The van der Waals surface area contributed by atoms with Crippen LogP contribution in [0.25, 0.3) is 10.8 Å². The summed E-state index contributed by atoms with van der Waals surface area (Å²) < 4.78 is 10.6. The van der Waals surface area contributed by atoms with E-state index in [1.165, 1.54) is 0 Å². The van der Waals surface area contributed by atoms with Crippen LogP contribution in [-0.2, 0) is 9.47 Å². The number of ether oxygens (including phenoxy) is 2. The van der Waals surface area contributed by atoms with Gasteiger partial charge in [-0.25, -0.2) is 4.79 Å². The Labute approximate surface area is 124 Å². The van der Waals surface area contributed by atoms with Crippen LogP contribution in [0.15, 0.2) is 42.5 Å². The fourth-order valence-corrected chi connectivity index (χ4v) is 2.08. The smallest absolute Gasteiger partial charge is 0.338 e. The highest BCUT2D eigenvalue weighted by molar-refractivity contribution is 6.04. The molecule has 0 bridgehead atoms. The van der Waals surface area contributed by atoms with E-state index in [1.54, 1.807) is 6.07 Å². The first-order valence-electron chi connectivity index (χ1n) is 7.16. The van der Waals surface area contributed by atoms with Crippen LogP contribution in [0.3, 0.4) is 0 Å². The van der Waals surface area contributed by atoms with Crippen LogP contribution in [0.2, 0.25) is 0 Å². The molecule has 2 aromatic carbocycles. The fraction of sp³-hybridized carbons (Fsp3) is 0.353. The molecule has 0 amide bonds. The minimum atomic E-state index is -0.304. The summed E-state index contributed by atoms with van der Waals surface area (Å²) in [5.41, 5.74) is 0.592. The predicted octanol–water partition coefficient (Wildman–Crippen LogP) is 2.79. The van der Waals surface area contributed by atoms with E-state index in [1.807, 2.05) is 36.4 Å². The molecule has 4 heteroatoms. The van der Waals surface area contributed by atoms with Crippen molar-refractivity contribution in [1.82, 2.24) is 0 Å². The summed E-state index contributed by atoms with van der Waals surface area (Å²) in [6, 6.07) is 13.4. The molecule has 0 unspecified atom stereocenters.